The fourth-order valence-corrected chi connectivity index (χ4v) is 4.22. The molecule has 3 aromatic carbocycles. The summed E-state index contributed by atoms with van der Waals surface area (Å²) in [6, 6.07) is 25.0. The summed E-state index contributed by atoms with van der Waals surface area (Å²) >= 11 is 0. The number of rotatable bonds is 4. The number of hydrogen-bond donors (Lipinski definition) is 2. The predicted octanol–water partition coefficient (Wildman–Crippen LogP) is 7.50. The molecule has 0 aliphatic heterocycles. The molecule has 2 aromatic heterocycles. The van der Waals surface area contributed by atoms with Gasteiger partial charge in [0.25, 0.3) is 0 Å². The van der Waals surface area contributed by atoms with E-state index in [0.717, 1.165) is 34.0 Å². The first-order chi connectivity index (χ1) is 15.5. The molecule has 4 nitrogen and oxygen atoms in total. The van der Waals surface area contributed by atoms with Crippen LogP contribution in [0.15, 0.2) is 72.8 Å². The van der Waals surface area contributed by atoms with Crippen LogP contribution < -0.4 is 10.6 Å². The Bertz CT molecular complexity index is 1360. The van der Waals surface area contributed by atoms with Crippen molar-refractivity contribution < 1.29 is 0 Å². The summed E-state index contributed by atoms with van der Waals surface area (Å²) in [5, 5.41) is 9.32. The van der Waals surface area contributed by atoms with Gasteiger partial charge in [-0.2, -0.15) is 0 Å². The lowest BCUT2D eigenvalue weighted by Crippen LogP contribution is -1.99. The van der Waals surface area contributed by atoms with Crippen LogP contribution in [0.25, 0.3) is 21.8 Å². The quantitative estimate of drug-likeness (QED) is 0.317. The van der Waals surface area contributed by atoms with Crippen molar-refractivity contribution in [2.75, 3.05) is 10.6 Å². The molecule has 0 unspecified atom stereocenters. The zero-order chi connectivity index (χ0) is 22.2. The standard InChI is InChI=1S/C28H26N4/c1-17-8-5-12-23-19(3)14-25(31-27(17)23)29-21-10-7-11-22(16-21)30-26-15-20(4)24-13-6-9-18(2)28(24)32-26/h5-16H,1-4H3,(H,29,31)(H,30,32). The fourth-order valence-electron chi connectivity index (χ4n) is 4.22. The van der Waals surface area contributed by atoms with E-state index >= 15 is 0 Å². The molecule has 0 aliphatic rings. The normalized spacial score (nSPS) is 11.1. The van der Waals surface area contributed by atoms with Crippen LogP contribution in [-0.4, -0.2) is 9.97 Å². The maximum atomic E-state index is 4.86. The second-order valence-corrected chi connectivity index (χ2v) is 8.42. The zero-order valence-corrected chi connectivity index (χ0v) is 18.8. The molecule has 0 amide bonds. The maximum absolute atomic E-state index is 4.86. The first-order valence-electron chi connectivity index (χ1n) is 10.9. The average molecular weight is 419 g/mol. The molecule has 5 rings (SSSR count). The van der Waals surface area contributed by atoms with Crippen LogP contribution in [0.1, 0.15) is 22.3 Å². The van der Waals surface area contributed by atoms with Crippen LogP contribution in [-0.2, 0) is 0 Å². The third kappa shape index (κ3) is 3.76. The molecule has 2 N–H and O–H groups in total. The number of para-hydroxylation sites is 2. The Balaban J connectivity index is 1.45. The molecule has 0 spiro atoms. The van der Waals surface area contributed by atoms with Crippen molar-refractivity contribution in [2.45, 2.75) is 27.7 Å². The highest BCUT2D eigenvalue weighted by Crippen LogP contribution is 2.28. The number of pyridine rings is 2. The Morgan fingerprint density at radius 2 is 0.938 bits per heavy atom. The first kappa shape index (κ1) is 20.0. The van der Waals surface area contributed by atoms with E-state index in [0.29, 0.717) is 0 Å². The molecule has 0 saturated carbocycles. The number of fused-ring (bicyclic) bond motifs is 2. The van der Waals surface area contributed by atoms with E-state index in [1.165, 1.54) is 33.0 Å². The summed E-state index contributed by atoms with van der Waals surface area (Å²) in [5.41, 5.74) is 8.80. The molecule has 32 heavy (non-hydrogen) atoms. The minimum atomic E-state index is 0.844. The number of aromatic nitrogens is 2. The van der Waals surface area contributed by atoms with E-state index < -0.39 is 0 Å². The summed E-state index contributed by atoms with van der Waals surface area (Å²) < 4.78 is 0. The average Bonchev–Trinajstić information content (AvgIpc) is 2.76. The second kappa shape index (κ2) is 7.97. The molecule has 0 saturated heterocycles. The van der Waals surface area contributed by atoms with E-state index in [9.17, 15) is 0 Å². The zero-order valence-electron chi connectivity index (χ0n) is 18.8. The molecule has 0 atom stereocenters. The first-order valence-corrected chi connectivity index (χ1v) is 10.9. The molecule has 4 heteroatoms. The van der Waals surface area contributed by atoms with Gasteiger partial charge in [-0.05, 0) is 80.3 Å². The Labute approximate surface area is 188 Å². The van der Waals surface area contributed by atoms with Gasteiger partial charge in [0.2, 0.25) is 0 Å². The van der Waals surface area contributed by atoms with Crippen molar-refractivity contribution in [3.63, 3.8) is 0 Å². The lowest BCUT2D eigenvalue weighted by Gasteiger charge is -2.13. The van der Waals surface area contributed by atoms with Crippen LogP contribution in [0.3, 0.4) is 0 Å². The van der Waals surface area contributed by atoms with Crippen LogP contribution in [0.4, 0.5) is 23.0 Å². The molecule has 0 aliphatic carbocycles. The van der Waals surface area contributed by atoms with Gasteiger partial charge in [0.15, 0.2) is 0 Å². The van der Waals surface area contributed by atoms with Crippen molar-refractivity contribution in [2.24, 2.45) is 0 Å². The van der Waals surface area contributed by atoms with Crippen LogP contribution in [0.5, 0.6) is 0 Å². The van der Waals surface area contributed by atoms with Gasteiger partial charge in [-0.25, -0.2) is 9.97 Å². The molecule has 0 fully saturated rings. The van der Waals surface area contributed by atoms with Crippen LogP contribution >= 0.6 is 0 Å². The predicted molar refractivity (Wildman–Crippen MR) is 135 cm³/mol. The third-order valence-corrected chi connectivity index (χ3v) is 5.90. The van der Waals surface area contributed by atoms with Crippen molar-refractivity contribution in [1.82, 2.24) is 9.97 Å². The van der Waals surface area contributed by atoms with Gasteiger partial charge in [0.1, 0.15) is 11.6 Å². The highest BCUT2D eigenvalue weighted by Gasteiger charge is 2.08. The summed E-state index contributed by atoms with van der Waals surface area (Å²) in [6.45, 7) is 8.46. The van der Waals surface area contributed by atoms with Crippen molar-refractivity contribution >= 4 is 44.8 Å². The number of aryl methyl sites for hydroxylation is 4. The number of nitrogens with zero attached hydrogens (tertiary/aromatic N) is 2. The summed E-state index contributed by atoms with van der Waals surface area (Å²) in [7, 11) is 0. The lowest BCUT2D eigenvalue weighted by atomic mass is 10.1. The second-order valence-electron chi connectivity index (χ2n) is 8.42. The van der Waals surface area contributed by atoms with Gasteiger partial charge in [-0.1, -0.05) is 42.5 Å². The van der Waals surface area contributed by atoms with Gasteiger partial charge in [0, 0.05) is 22.1 Å². The smallest absolute Gasteiger partial charge is 0.131 e. The summed E-state index contributed by atoms with van der Waals surface area (Å²) in [4.78, 5) is 9.71. The van der Waals surface area contributed by atoms with Crippen molar-refractivity contribution in [1.29, 1.82) is 0 Å². The number of anilines is 4. The molecular weight excluding hydrogens is 392 g/mol. The molecule has 5 aromatic rings. The van der Waals surface area contributed by atoms with Gasteiger partial charge >= 0.3 is 0 Å². The Hall–Kier alpha value is -3.92. The van der Waals surface area contributed by atoms with Gasteiger partial charge in [-0.15, -0.1) is 0 Å². The van der Waals surface area contributed by atoms with E-state index in [1.807, 2.05) is 18.2 Å². The molecule has 158 valence electrons. The Morgan fingerprint density at radius 3 is 1.41 bits per heavy atom. The fraction of sp³-hybridized carbons (Fsp3) is 0.143. The lowest BCUT2D eigenvalue weighted by molar-refractivity contribution is 1.31. The van der Waals surface area contributed by atoms with Gasteiger partial charge in [-0.3, -0.25) is 0 Å². The molecule has 0 bridgehead atoms. The monoisotopic (exact) mass is 418 g/mol. The number of hydrogen-bond acceptors (Lipinski definition) is 4. The Kier molecular flexibility index (Phi) is 4.98. The highest BCUT2D eigenvalue weighted by molar-refractivity contribution is 5.88. The molecule has 2 heterocycles. The largest absolute Gasteiger partial charge is 0.340 e. The maximum Gasteiger partial charge on any atom is 0.131 e. The Morgan fingerprint density at radius 1 is 0.500 bits per heavy atom. The van der Waals surface area contributed by atoms with Gasteiger partial charge < -0.3 is 10.6 Å². The minimum Gasteiger partial charge on any atom is -0.340 e. The van der Waals surface area contributed by atoms with E-state index in [4.69, 9.17) is 9.97 Å². The molecular formula is C28H26N4. The van der Waals surface area contributed by atoms with Gasteiger partial charge in [0.05, 0.1) is 11.0 Å². The third-order valence-electron chi connectivity index (χ3n) is 5.90. The highest BCUT2D eigenvalue weighted by atomic mass is 15.0. The summed E-state index contributed by atoms with van der Waals surface area (Å²) in [5.74, 6) is 1.69. The summed E-state index contributed by atoms with van der Waals surface area (Å²) in [6.07, 6.45) is 0. The number of benzene rings is 3. The van der Waals surface area contributed by atoms with E-state index in [1.54, 1.807) is 0 Å². The van der Waals surface area contributed by atoms with Crippen LogP contribution in [0, 0.1) is 27.7 Å². The topological polar surface area (TPSA) is 49.8 Å². The van der Waals surface area contributed by atoms with E-state index in [-0.39, 0.29) is 0 Å². The molecule has 0 radical (unpaired) electrons. The minimum absolute atomic E-state index is 0.844. The van der Waals surface area contributed by atoms with Crippen molar-refractivity contribution in [3.8, 4) is 0 Å². The number of nitrogens with one attached hydrogen (secondary N) is 2. The SMILES string of the molecule is Cc1cc(Nc2cccc(Nc3cc(C)c4cccc(C)c4n3)c2)nc2c(C)cccc12. The van der Waals surface area contributed by atoms with E-state index in [2.05, 4.69) is 92.9 Å². The van der Waals surface area contributed by atoms with Crippen molar-refractivity contribution in [3.05, 3.63) is 95.1 Å². The van der Waals surface area contributed by atoms with Crippen LogP contribution in [0.2, 0.25) is 0 Å².